The van der Waals surface area contributed by atoms with E-state index in [4.69, 9.17) is 16.6 Å². The van der Waals surface area contributed by atoms with Crippen LogP contribution in [0.1, 0.15) is 48.1 Å². The zero-order chi connectivity index (χ0) is 29.1. The van der Waals surface area contributed by atoms with Crippen LogP contribution in [0, 0.1) is 17.7 Å². The van der Waals surface area contributed by atoms with E-state index in [1.54, 1.807) is 17.2 Å². The second-order valence-electron chi connectivity index (χ2n) is 11.1. The number of aliphatic imine (C=N–C) groups is 1. The molecule has 4 aliphatic rings. The monoisotopic (exact) mass is 617 g/mol. The summed E-state index contributed by atoms with van der Waals surface area (Å²) in [6.45, 7) is -1.43. The van der Waals surface area contributed by atoms with Crippen molar-refractivity contribution in [3.05, 3.63) is 74.8 Å². The molecule has 3 aromatic rings. The van der Waals surface area contributed by atoms with E-state index in [0.29, 0.717) is 52.7 Å². The second kappa shape index (κ2) is 10.7. The number of amidine groups is 1. The average Bonchev–Trinajstić information content (AvgIpc) is 3.75. The van der Waals surface area contributed by atoms with Crippen LogP contribution in [-0.4, -0.2) is 73.3 Å². The third-order valence-corrected chi connectivity index (χ3v) is 9.72. The summed E-state index contributed by atoms with van der Waals surface area (Å²) >= 11 is 7.92. The molecule has 0 spiro atoms. The van der Waals surface area contributed by atoms with Crippen molar-refractivity contribution in [1.82, 2.24) is 29.9 Å². The van der Waals surface area contributed by atoms with Gasteiger partial charge in [-0.1, -0.05) is 17.7 Å². The molecule has 0 radical (unpaired) electrons. The standard InChI is InChI=1S/C28H27ClF3N7O2S/c29-19-9-16(30)3-4-18(19)23-22(20-5-7-39(36-20)27(31)32)21-10-17(13-38(21)25(35-23)26-33-6-8-42-26)34-28(41)37-11-14-1-2-15(12-37)24(14)40/h3-9,14-15,17,23-24,27,40H,1-2,10-13H2,(H,34,41)/t14-,15+,17-,23-,24-/m0/s1. The molecule has 9 nitrogen and oxygen atoms in total. The SMILES string of the molecule is O=C(N[C@H]1CC2=C(c3ccn(C(F)F)n3)[C@H](c3ccc(F)cc3Cl)N=C(c3nccs3)N2C1)N1C[C@H]2CC[C@@H](C1)[C@@H]2O. The lowest BCUT2D eigenvalue weighted by atomic mass is 9.92. The van der Waals surface area contributed by atoms with Crippen LogP contribution in [0.4, 0.5) is 18.0 Å². The van der Waals surface area contributed by atoms with E-state index in [2.05, 4.69) is 15.4 Å². The van der Waals surface area contributed by atoms with Crippen LogP contribution in [-0.2, 0) is 0 Å². The quantitative estimate of drug-likeness (QED) is 0.423. The van der Waals surface area contributed by atoms with Gasteiger partial charge in [-0.2, -0.15) is 13.9 Å². The number of thiazole rings is 1. The predicted octanol–water partition coefficient (Wildman–Crippen LogP) is 4.93. The third-order valence-electron chi connectivity index (χ3n) is 8.62. The first kappa shape index (κ1) is 27.4. The van der Waals surface area contributed by atoms with E-state index < -0.39 is 18.4 Å². The van der Waals surface area contributed by atoms with Crippen LogP contribution in [0.25, 0.3) is 5.57 Å². The Morgan fingerprint density at radius 2 is 1.95 bits per heavy atom. The Morgan fingerprint density at radius 3 is 2.62 bits per heavy atom. The number of alkyl halides is 2. The fraction of sp³-hybridized carbons (Fsp3) is 0.429. The van der Waals surface area contributed by atoms with Crippen LogP contribution in [0.2, 0.25) is 5.02 Å². The fourth-order valence-corrected chi connectivity index (χ4v) is 7.59. The number of urea groups is 1. The number of aromatic nitrogens is 3. The first-order valence-corrected chi connectivity index (χ1v) is 15.0. The van der Waals surface area contributed by atoms with Gasteiger partial charge in [-0.3, -0.25) is 4.99 Å². The lowest BCUT2D eigenvalue weighted by Crippen LogP contribution is -2.53. The molecule has 1 aliphatic carbocycles. The van der Waals surface area contributed by atoms with Crippen molar-refractivity contribution >= 4 is 40.4 Å². The van der Waals surface area contributed by atoms with Crippen molar-refractivity contribution in [3.8, 4) is 0 Å². The molecule has 2 aromatic heterocycles. The first-order valence-electron chi connectivity index (χ1n) is 13.8. The number of nitrogens with zero attached hydrogens (tertiary/aromatic N) is 6. The van der Waals surface area contributed by atoms with Gasteiger partial charge >= 0.3 is 12.6 Å². The van der Waals surface area contributed by atoms with E-state index in [1.165, 1.54) is 35.7 Å². The van der Waals surface area contributed by atoms with E-state index in [9.17, 15) is 23.1 Å². The zero-order valence-electron chi connectivity index (χ0n) is 22.2. The number of amides is 2. The predicted molar refractivity (Wildman–Crippen MR) is 151 cm³/mol. The van der Waals surface area contributed by atoms with Crippen LogP contribution in [0.3, 0.4) is 0 Å². The summed E-state index contributed by atoms with van der Waals surface area (Å²) in [4.78, 5) is 26.6. The summed E-state index contributed by atoms with van der Waals surface area (Å²) in [5, 5.41) is 20.3. The first-order chi connectivity index (χ1) is 20.3. The molecule has 2 amide bonds. The number of nitrogens with one attached hydrogen (secondary N) is 1. The lowest BCUT2D eigenvalue weighted by molar-refractivity contribution is 0.0299. The van der Waals surface area contributed by atoms with Crippen molar-refractivity contribution in [1.29, 1.82) is 0 Å². The molecule has 2 N–H and O–H groups in total. The van der Waals surface area contributed by atoms with Crippen LogP contribution in [0.5, 0.6) is 0 Å². The number of benzene rings is 1. The summed E-state index contributed by atoms with van der Waals surface area (Å²) in [5.74, 6) is 0.226. The molecule has 3 fully saturated rings. The molecular weight excluding hydrogens is 591 g/mol. The van der Waals surface area contributed by atoms with Crippen molar-refractivity contribution < 1.29 is 23.1 Å². The summed E-state index contributed by atoms with van der Waals surface area (Å²) in [6.07, 6.45) is 4.72. The normalized spacial score (nSPS) is 27.1. The topological polar surface area (TPSA) is 98.9 Å². The Bertz CT molecular complexity index is 1560. The van der Waals surface area contributed by atoms with Gasteiger partial charge in [0.1, 0.15) is 11.9 Å². The maximum atomic E-state index is 14.0. The lowest BCUT2D eigenvalue weighted by Gasteiger charge is -2.36. The highest BCUT2D eigenvalue weighted by atomic mass is 35.5. The Kier molecular flexibility index (Phi) is 6.98. The molecule has 7 rings (SSSR count). The van der Waals surface area contributed by atoms with E-state index in [1.807, 2.05) is 10.3 Å². The number of halogens is 4. The molecule has 3 aliphatic heterocycles. The number of hydrogen-bond acceptors (Lipinski definition) is 7. The molecule has 42 heavy (non-hydrogen) atoms. The molecule has 1 saturated carbocycles. The average molecular weight is 618 g/mol. The number of piperidine rings is 1. The minimum Gasteiger partial charge on any atom is -0.392 e. The van der Waals surface area contributed by atoms with Crippen molar-refractivity contribution in [2.45, 2.75) is 44.0 Å². The maximum Gasteiger partial charge on any atom is 0.333 e. The number of aliphatic hydroxyl groups excluding tert-OH is 1. The Labute approximate surface area is 248 Å². The Morgan fingerprint density at radius 1 is 1.17 bits per heavy atom. The number of likely N-dealkylation sites (tertiary alicyclic amines) is 1. The summed E-state index contributed by atoms with van der Waals surface area (Å²) in [6, 6.07) is 4.23. The van der Waals surface area contributed by atoms with Crippen LogP contribution in [0.15, 0.2) is 52.7 Å². The zero-order valence-corrected chi connectivity index (χ0v) is 23.8. The van der Waals surface area contributed by atoms with E-state index >= 15 is 0 Å². The van der Waals surface area contributed by atoms with Gasteiger partial charge in [-0.15, -0.1) is 11.3 Å². The van der Waals surface area contributed by atoms with Crippen molar-refractivity contribution in [3.63, 3.8) is 0 Å². The molecule has 0 unspecified atom stereocenters. The summed E-state index contributed by atoms with van der Waals surface area (Å²) < 4.78 is 41.7. The maximum absolute atomic E-state index is 14.0. The number of hydrogen-bond donors (Lipinski definition) is 2. The van der Waals surface area contributed by atoms with Crippen molar-refractivity contribution in [2.75, 3.05) is 19.6 Å². The van der Waals surface area contributed by atoms with Crippen LogP contribution < -0.4 is 5.32 Å². The van der Waals surface area contributed by atoms with Gasteiger partial charge in [0.05, 0.1) is 17.8 Å². The van der Waals surface area contributed by atoms with Gasteiger partial charge in [0.25, 0.3) is 0 Å². The highest BCUT2D eigenvalue weighted by Crippen LogP contribution is 2.46. The molecule has 5 heterocycles. The van der Waals surface area contributed by atoms with E-state index in [0.717, 1.165) is 18.5 Å². The van der Waals surface area contributed by atoms with Crippen LogP contribution >= 0.6 is 22.9 Å². The number of fused-ring (bicyclic) bond motifs is 3. The second-order valence-corrected chi connectivity index (χ2v) is 12.4. The summed E-state index contributed by atoms with van der Waals surface area (Å²) in [7, 11) is 0. The van der Waals surface area contributed by atoms with Crippen molar-refractivity contribution in [2.24, 2.45) is 16.8 Å². The Balaban J connectivity index is 1.28. The third kappa shape index (κ3) is 4.77. The van der Waals surface area contributed by atoms with Gasteiger partial charge in [-0.25, -0.2) is 18.9 Å². The molecule has 14 heteroatoms. The minimum absolute atomic E-state index is 0.0912. The molecule has 220 valence electrons. The molecule has 2 bridgehead atoms. The number of rotatable bonds is 5. The molecule has 1 aromatic carbocycles. The van der Waals surface area contributed by atoms with Gasteiger partial charge in [0.2, 0.25) is 0 Å². The summed E-state index contributed by atoms with van der Waals surface area (Å²) in [5.41, 5.74) is 2.09. The number of carbonyl (C=O) groups excluding carboxylic acids is 1. The van der Waals surface area contributed by atoms with Gasteiger partial charge < -0.3 is 20.2 Å². The number of carbonyl (C=O) groups is 1. The van der Waals surface area contributed by atoms with Gasteiger partial charge in [0.15, 0.2) is 10.8 Å². The minimum atomic E-state index is -2.83. The number of aliphatic hydroxyl groups is 1. The highest BCUT2D eigenvalue weighted by Gasteiger charge is 2.44. The highest BCUT2D eigenvalue weighted by molar-refractivity contribution is 7.11. The Hall–Kier alpha value is -3.42. The molecular formula is C28H27ClF3N7O2S. The van der Waals surface area contributed by atoms with Gasteiger partial charge in [-0.05, 0) is 31.0 Å². The largest absolute Gasteiger partial charge is 0.392 e. The molecule has 2 saturated heterocycles. The van der Waals surface area contributed by atoms with E-state index in [-0.39, 0.29) is 40.7 Å². The smallest absolute Gasteiger partial charge is 0.333 e. The fourth-order valence-electron chi connectivity index (χ4n) is 6.68. The van der Waals surface area contributed by atoms with Gasteiger partial charge in [0, 0.05) is 77.5 Å². The molecule has 5 atom stereocenters.